The number of carbonyl (C=O) groups is 1. The summed E-state index contributed by atoms with van der Waals surface area (Å²) in [4.78, 5) is 11.8. The molecule has 0 spiro atoms. The Balaban J connectivity index is 2.15. The van der Waals surface area contributed by atoms with Crippen molar-refractivity contribution in [3.63, 3.8) is 0 Å². The summed E-state index contributed by atoms with van der Waals surface area (Å²) in [6, 6.07) is 3.32. The summed E-state index contributed by atoms with van der Waals surface area (Å²) in [5.41, 5.74) is -4.14. The maximum atomic E-state index is 12.3. The molecule has 0 atom stereocenters. The van der Waals surface area contributed by atoms with Gasteiger partial charge >= 0.3 is 5.51 Å². The molecule has 2 rings (SSSR count). The molecule has 0 saturated heterocycles. The molecule has 0 bridgehead atoms. The predicted molar refractivity (Wildman–Crippen MR) is 73.9 cm³/mol. The average molecular weight is 316 g/mol. The average Bonchev–Trinajstić information content (AvgIpc) is 2.42. The van der Waals surface area contributed by atoms with Crippen molar-refractivity contribution < 1.29 is 23.1 Å². The molecule has 1 aromatic rings. The number of amides is 1. The highest BCUT2D eigenvalue weighted by Gasteiger charge is 2.29. The Labute approximate surface area is 122 Å². The first-order chi connectivity index (χ1) is 9.85. The van der Waals surface area contributed by atoms with Crippen molar-refractivity contribution in [2.75, 3.05) is 11.9 Å². The number of alkyl halides is 3. The third-order valence-electron chi connectivity index (χ3n) is 2.53. The first-order valence-corrected chi connectivity index (χ1v) is 6.67. The van der Waals surface area contributed by atoms with E-state index >= 15 is 0 Å². The number of halogens is 3. The molecule has 0 radical (unpaired) electrons. The second-order valence-electron chi connectivity index (χ2n) is 4.08. The van der Waals surface area contributed by atoms with E-state index in [2.05, 4.69) is 10.6 Å². The van der Waals surface area contributed by atoms with Gasteiger partial charge in [-0.1, -0.05) is 6.08 Å². The van der Waals surface area contributed by atoms with E-state index in [4.69, 9.17) is 0 Å². The van der Waals surface area contributed by atoms with E-state index < -0.39 is 11.4 Å². The fourth-order valence-electron chi connectivity index (χ4n) is 1.63. The third-order valence-corrected chi connectivity index (χ3v) is 3.25. The molecule has 3 N–H and O–H groups in total. The van der Waals surface area contributed by atoms with Crippen LogP contribution in [0.2, 0.25) is 0 Å². The fraction of sp³-hybridized carbons (Fsp3) is 0.154. The number of hydrogen-bond acceptors (Lipinski definition) is 4. The lowest BCUT2D eigenvalue weighted by Gasteiger charge is -2.12. The van der Waals surface area contributed by atoms with Crippen LogP contribution in [0.3, 0.4) is 0 Å². The molecule has 8 heteroatoms. The van der Waals surface area contributed by atoms with Crippen molar-refractivity contribution in [2.24, 2.45) is 0 Å². The molecule has 0 saturated carbocycles. The Morgan fingerprint density at radius 1 is 1.38 bits per heavy atom. The van der Waals surface area contributed by atoms with Crippen molar-refractivity contribution in [2.45, 2.75) is 10.4 Å². The number of rotatable bonds is 3. The molecule has 1 aliphatic rings. The van der Waals surface area contributed by atoms with Crippen LogP contribution in [0, 0.1) is 0 Å². The number of anilines is 1. The van der Waals surface area contributed by atoms with Crippen molar-refractivity contribution in [1.29, 1.82) is 0 Å². The highest BCUT2D eigenvalue weighted by molar-refractivity contribution is 8.00. The van der Waals surface area contributed by atoms with Crippen LogP contribution in [-0.2, 0) is 4.79 Å². The first-order valence-electron chi connectivity index (χ1n) is 5.85. The quantitative estimate of drug-likeness (QED) is 0.593. The van der Waals surface area contributed by atoms with Gasteiger partial charge in [-0.2, -0.15) is 13.2 Å². The van der Waals surface area contributed by atoms with Gasteiger partial charge in [0.1, 0.15) is 5.75 Å². The SMILES string of the molecule is O=C(Nc1cc(SC(F)(F)F)ccc1O)C1=CCNC=C1. The number of aromatic hydroxyl groups is 1. The Morgan fingerprint density at radius 2 is 2.14 bits per heavy atom. The Hall–Kier alpha value is -2.09. The van der Waals surface area contributed by atoms with Gasteiger partial charge in [-0.15, -0.1) is 0 Å². The lowest BCUT2D eigenvalue weighted by molar-refractivity contribution is -0.112. The molecule has 0 unspecified atom stereocenters. The van der Waals surface area contributed by atoms with Gasteiger partial charge in [0.25, 0.3) is 5.91 Å². The number of phenols is 1. The minimum Gasteiger partial charge on any atom is -0.506 e. The minimum atomic E-state index is -4.43. The lowest BCUT2D eigenvalue weighted by Crippen LogP contribution is -2.18. The molecule has 0 aliphatic carbocycles. The van der Waals surface area contributed by atoms with Crippen molar-refractivity contribution in [3.05, 3.63) is 42.1 Å². The number of thioether (sulfide) groups is 1. The summed E-state index contributed by atoms with van der Waals surface area (Å²) >= 11 is -0.315. The second-order valence-corrected chi connectivity index (χ2v) is 5.22. The minimum absolute atomic E-state index is 0.0675. The topological polar surface area (TPSA) is 61.4 Å². The van der Waals surface area contributed by atoms with Crippen LogP contribution in [0.1, 0.15) is 0 Å². The molecule has 1 aliphatic heterocycles. The highest BCUT2D eigenvalue weighted by Crippen LogP contribution is 2.39. The van der Waals surface area contributed by atoms with Crippen LogP contribution >= 0.6 is 11.8 Å². The smallest absolute Gasteiger partial charge is 0.446 e. The number of hydrogen-bond donors (Lipinski definition) is 3. The maximum Gasteiger partial charge on any atom is 0.446 e. The zero-order valence-electron chi connectivity index (χ0n) is 10.6. The number of nitrogens with one attached hydrogen (secondary N) is 2. The molecule has 4 nitrogen and oxygen atoms in total. The van der Waals surface area contributed by atoms with Crippen molar-refractivity contribution >= 4 is 23.4 Å². The summed E-state index contributed by atoms with van der Waals surface area (Å²) < 4.78 is 36.9. The van der Waals surface area contributed by atoms with E-state index in [9.17, 15) is 23.1 Å². The molecule has 112 valence electrons. The van der Waals surface area contributed by atoms with Crippen LogP contribution in [0.25, 0.3) is 0 Å². The second kappa shape index (κ2) is 6.13. The van der Waals surface area contributed by atoms with Gasteiger partial charge < -0.3 is 15.7 Å². The van der Waals surface area contributed by atoms with E-state index in [0.29, 0.717) is 12.1 Å². The van der Waals surface area contributed by atoms with Gasteiger partial charge in [0.2, 0.25) is 0 Å². The normalized spacial score (nSPS) is 14.3. The summed E-state index contributed by atoms with van der Waals surface area (Å²) in [6.07, 6.45) is 4.75. The summed E-state index contributed by atoms with van der Waals surface area (Å²) in [5.74, 6) is -0.800. The molecule has 1 aromatic carbocycles. The fourth-order valence-corrected chi connectivity index (χ4v) is 2.21. The van der Waals surface area contributed by atoms with Crippen molar-refractivity contribution in [1.82, 2.24) is 5.32 Å². The Bertz CT molecular complexity index is 612. The summed E-state index contributed by atoms with van der Waals surface area (Å²) in [7, 11) is 0. The Morgan fingerprint density at radius 3 is 2.76 bits per heavy atom. The summed E-state index contributed by atoms with van der Waals surface area (Å²) in [6.45, 7) is 0.481. The van der Waals surface area contributed by atoms with E-state index in [0.717, 1.165) is 18.2 Å². The number of benzene rings is 1. The van der Waals surface area contributed by atoms with Gasteiger partial charge in [0.05, 0.1) is 5.69 Å². The zero-order chi connectivity index (χ0) is 15.5. The molecular formula is C13H11F3N2O2S. The van der Waals surface area contributed by atoms with Gasteiger partial charge in [-0.05, 0) is 42.2 Å². The maximum absolute atomic E-state index is 12.3. The zero-order valence-corrected chi connectivity index (χ0v) is 11.4. The molecule has 1 heterocycles. The van der Waals surface area contributed by atoms with Crippen LogP contribution in [0.5, 0.6) is 5.75 Å². The van der Waals surface area contributed by atoms with Crippen LogP contribution in [0.4, 0.5) is 18.9 Å². The predicted octanol–water partition coefficient (Wildman–Crippen LogP) is 2.99. The lowest BCUT2D eigenvalue weighted by atomic mass is 10.2. The Kier molecular flexibility index (Phi) is 4.46. The first kappa shape index (κ1) is 15.3. The third kappa shape index (κ3) is 4.45. The van der Waals surface area contributed by atoms with Crippen LogP contribution in [0.15, 0.2) is 47.0 Å². The molecule has 21 heavy (non-hydrogen) atoms. The highest BCUT2D eigenvalue weighted by atomic mass is 32.2. The standard InChI is InChI=1S/C13H11F3N2O2S/c14-13(15,16)21-9-1-2-11(19)10(7-9)18-12(20)8-3-5-17-6-4-8/h1-5,7,17,19H,6H2,(H,18,20). The van der Waals surface area contributed by atoms with E-state index in [-0.39, 0.29) is 28.1 Å². The van der Waals surface area contributed by atoms with Gasteiger partial charge in [0, 0.05) is 17.0 Å². The van der Waals surface area contributed by atoms with Crippen molar-refractivity contribution in [3.8, 4) is 5.75 Å². The van der Waals surface area contributed by atoms with Gasteiger partial charge in [0.15, 0.2) is 0 Å². The number of phenolic OH excluding ortho intramolecular Hbond substituents is 1. The number of carbonyl (C=O) groups excluding carboxylic acids is 1. The molecule has 0 aromatic heterocycles. The van der Waals surface area contributed by atoms with Gasteiger partial charge in [-0.3, -0.25) is 4.79 Å². The van der Waals surface area contributed by atoms with E-state index in [1.807, 2.05) is 0 Å². The largest absolute Gasteiger partial charge is 0.506 e. The number of dihydropyridines is 1. The van der Waals surface area contributed by atoms with E-state index in [1.54, 1.807) is 12.3 Å². The monoisotopic (exact) mass is 316 g/mol. The van der Waals surface area contributed by atoms with Crippen LogP contribution < -0.4 is 10.6 Å². The van der Waals surface area contributed by atoms with Crippen LogP contribution in [-0.4, -0.2) is 23.1 Å². The molecule has 0 fully saturated rings. The van der Waals surface area contributed by atoms with E-state index in [1.165, 1.54) is 6.08 Å². The molecular weight excluding hydrogens is 305 g/mol. The summed E-state index contributed by atoms with van der Waals surface area (Å²) in [5, 5.41) is 14.9. The molecule has 1 amide bonds. The van der Waals surface area contributed by atoms with Gasteiger partial charge in [-0.25, -0.2) is 0 Å².